The molecule has 0 aromatic heterocycles. The largest absolute Gasteiger partial charge is 0.345 e. The molecule has 6 nitrogen and oxygen atoms in total. The summed E-state index contributed by atoms with van der Waals surface area (Å²) in [4.78, 5) is 42.1. The van der Waals surface area contributed by atoms with E-state index in [1.165, 1.54) is 13.0 Å². The van der Waals surface area contributed by atoms with E-state index in [2.05, 4.69) is 5.32 Å². The second-order valence-electron chi connectivity index (χ2n) is 11.0. The molecule has 188 valence electrons. The van der Waals surface area contributed by atoms with Gasteiger partial charge in [-0.05, 0) is 55.2 Å². The molecule has 2 fully saturated rings. The summed E-state index contributed by atoms with van der Waals surface area (Å²) < 4.78 is 14.6. The van der Waals surface area contributed by atoms with Crippen LogP contribution in [0.4, 0.5) is 4.39 Å². The molecule has 0 radical (unpaired) electrons. The summed E-state index contributed by atoms with van der Waals surface area (Å²) in [5.41, 5.74) is 0.433. The SMILES string of the molecule is CC(=O)N[C@@H](CC(C)(C)C)C(=O)N1CCN(C(=O)[C@@H]2CCC[C@H]2c2ccc(Cl)cc2F)[C@@H](C)C1. The number of carbonyl (C=O) groups is 3. The molecule has 1 aromatic rings. The van der Waals surface area contributed by atoms with Gasteiger partial charge >= 0.3 is 0 Å². The number of piperazine rings is 1. The molecule has 34 heavy (non-hydrogen) atoms. The normalized spacial score (nSPS) is 24.1. The van der Waals surface area contributed by atoms with Crippen LogP contribution in [0.5, 0.6) is 0 Å². The number of nitrogens with one attached hydrogen (secondary N) is 1. The lowest BCUT2D eigenvalue weighted by atomic mass is 9.86. The van der Waals surface area contributed by atoms with E-state index in [4.69, 9.17) is 11.6 Å². The first-order chi connectivity index (χ1) is 15.9. The number of carbonyl (C=O) groups excluding carboxylic acids is 3. The van der Waals surface area contributed by atoms with Crippen LogP contribution in [0.25, 0.3) is 0 Å². The highest BCUT2D eigenvalue weighted by atomic mass is 35.5. The van der Waals surface area contributed by atoms with Crippen molar-refractivity contribution in [2.45, 2.75) is 78.3 Å². The maximum atomic E-state index is 14.6. The number of nitrogens with zero attached hydrogens (tertiary/aromatic N) is 2. The molecule has 3 amide bonds. The molecule has 0 spiro atoms. The summed E-state index contributed by atoms with van der Waals surface area (Å²) in [6, 6.07) is 3.95. The summed E-state index contributed by atoms with van der Waals surface area (Å²) in [7, 11) is 0. The molecule has 1 aliphatic heterocycles. The van der Waals surface area contributed by atoms with Gasteiger partial charge in [0.15, 0.2) is 0 Å². The van der Waals surface area contributed by atoms with Gasteiger partial charge in [-0.1, -0.05) is 44.9 Å². The van der Waals surface area contributed by atoms with Crippen LogP contribution in [0.15, 0.2) is 18.2 Å². The van der Waals surface area contributed by atoms with Gasteiger partial charge in [0, 0.05) is 43.5 Å². The Bertz CT molecular complexity index is 932. The highest BCUT2D eigenvalue weighted by molar-refractivity contribution is 6.30. The number of benzene rings is 1. The van der Waals surface area contributed by atoms with E-state index >= 15 is 0 Å². The molecule has 1 aromatic carbocycles. The second kappa shape index (κ2) is 10.6. The molecule has 1 aliphatic carbocycles. The van der Waals surface area contributed by atoms with Crippen LogP contribution in [0.2, 0.25) is 5.02 Å². The van der Waals surface area contributed by atoms with Crippen molar-refractivity contribution < 1.29 is 18.8 Å². The van der Waals surface area contributed by atoms with E-state index in [-0.39, 0.29) is 46.8 Å². The smallest absolute Gasteiger partial charge is 0.245 e. The van der Waals surface area contributed by atoms with Crippen molar-refractivity contribution in [1.82, 2.24) is 15.1 Å². The highest BCUT2D eigenvalue weighted by Crippen LogP contribution is 2.42. The Labute approximate surface area is 207 Å². The van der Waals surface area contributed by atoms with E-state index in [1.54, 1.807) is 17.0 Å². The van der Waals surface area contributed by atoms with E-state index in [0.29, 0.717) is 36.6 Å². The zero-order valence-electron chi connectivity index (χ0n) is 20.9. The highest BCUT2D eigenvalue weighted by Gasteiger charge is 2.41. The fourth-order valence-electron chi connectivity index (χ4n) is 5.41. The second-order valence-corrected chi connectivity index (χ2v) is 11.4. The van der Waals surface area contributed by atoms with Gasteiger partial charge in [-0.2, -0.15) is 0 Å². The average molecular weight is 494 g/mol. The van der Waals surface area contributed by atoms with Gasteiger partial charge in [-0.15, -0.1) is 0 Å². The average Bonchev–Trinajstić information content (AvgIpc) is 3.20. The third-order valence-electron chi connectivity index (χ3n) is 6.91. The maximum Gasteiger partial charge on any atom is 0.245 e. The molecule has 4 atom stereocenters. The van der Waals surface area contributed by atoms with Crippen LogP contribution in [0, 0.1) is 17.2 Å². The summed E-state index contributed by atoms with van der Waals surface area (Å²) in [5, 5.41) is 3.15. The number of halogens is 2. The number of hydrogen-bond donors (Lipinski definition) is 1. The molecule has 0 unspecified atom stereocenters. The van der Waals surface area contributed by atoms with Crippen molar-refractivity contribution in [3.8, 4) is 0 Å². The van der Waals surface area contributed by atoms with Crippen LogP contribution in [0.3, 0.4) is 0 Å². The summed E-state index contributed by atoms with van der Waals surface area (Å²) in [5.74, 6) is -1.09. The van der Waals surface area contributed by atoms with Gasteiger partial charge in [0.25, 0.3) is 0 Å². The monoisotopic (exact) mass is 493 g/mol. The molecule has 8 heteroatoms. The van der Waals surface area contributed by atoms with Crippen LogP contribution in [0.1, 0.15) is 71.8 Å². The zero-order chi connectivity index (χ0) is 25.2. The molecule has 1 N–H and O–H groups in total. The molecule has 3 rings (SSSR count). The van der Waals surface area contributed by atoms with Crippen molar-refractivity contribution in [3.63, 3.8) is 0 Å². The molecule has 0 bridgehead atoms. The van der Waals surface area contributed by atoms with Crippen molar-refractivity contribution in [3.05, 3.63) is 34.6 Å². The Kier molecular flexibility index (Phi) is 8.27. The van der Waals surface area contributed by atoms with Crippen LogP contribution in [-0.2, 0) is 14.4 Å². The lowest BCUT2D eigenvalue weighted by Gasteiger charge is -2.43. The van der Waals surface area contributed by atoms with E-state index in [1.807, 2.05) is 32.6 Å². The summed E-state index contributed by atoms with van der Waals surface area (Å²) in [6.07, 6.45) is 2.91. The lowest BCUT2D eigenvalue weighted by molar-refractivity contribution is -0.147. The third-order valence-corrected chi connectivity index (χ3v) is 7.14. The van der Waals surface area contributed by atoms with Gasteiger partial charge in [0.1, 0.15) is 11.9 Å². The fraction of sp³-hybridized carbons (Fsp3) is 0.654. The predicted molar refractivity (Wildman–Crippen MR) is 131 cm³/mol. The Morgan fingerprint density at radius 2 is 1.91 bits per heavy atom. The molecule has 1 saturated carbocycles. The Hall–Kier alpha value is -2.15. The minimum absolute atomic E-state index is 0.0320. The van der Waals surface area contributed by atoms with Gasteiger partial charge in [0.2, 0.25) is 17.7 Å². The Morgan fingerprint density at radius 3 is 2.50 bits per heavy atom. The first kappa shape index (κ1) is 26.5. The fourth-order valence-corrected chi connectivity index (χ4v) is 5.57. The van der Waals surface area contributed by atoms with Crippen LogP contribution < -0.4 is 5.32 Å². The van der Waals surface area contributed by atoms with Crippen LogP contribution >= 0.6 is 11.6 Å². The minimum atomic E-state index is -0.584. The van der Waals surface area contributed by atoms with Crippen molar-refractivity contribution in [2.75, 3.05) is 19.6 Å². The van der Waals surface area contributed by atoms with E-state index < -0.39 is 6.04 Å². The Balaban J connectivity index is 1.69. The quantitative estimate of drug-likeness (QED) is 0.662. The zero-order valence-corrected chi connectivity index (χ0v) is 21.6. The van der Waals surface area contributed by atoms with Gasteiger partial charge < -0.3 is 15.1 Å². The van der Waals surface area contributed by atoms with E-state index in [0.717, 1.165) is 19.3 Å². The maximum absolute atomic E-state index is 14.6. The number of amides is 3. The Morgan fingerprint density at radius 1 is 1.21 bits per heavy atom. The molecular weight excluding hydrogens is 457 g/mol. The number of rotatable bonds is 5. The molecular formula is C26H37ClFN3O3. The van der Waals surface area contributed by atoms with Gasteiger partial charge in [0.05, 0.1) is 0 Å². The lowest BCUT2D eigenvalue weighted by Crippen LogP contribution is -2.60. The summed E-state index contributed by atoms with van der Waals surface area (Å²) in [6.45, 7) is 10.7. The van der Waals surface area contributed by atoms with Gasteiger partial charge in [-0.3, -0.25) is 14.4 Å². The van der Waals surface area contributed by atoms with Crippen molar-refractivity contribution >= 4 is 29.3 Å². The van der Waals surface area contributed by atoms with E-state index in [9.17, 15) is 18.8 Å². The van der Waals surface area contributed by atoms with Crippen LogP contribution in [-0.4, -0.2) is 59.2 Å². The molecule has 1 saturated heterocycles. The predicted octanol–water partition coefficient (Wildman–Crippen LogP) is 4.36. The topological polar surface area (TPSA) is 69.7 Å². The van der Waals surface area contributed by atoms with Gasteiger partial charge in [-0.25, -0.2) is 4.39 Å². The molecule has 2 aliphatic rings. The molecule has 1 heterocycles. The minimum Gasteiger partial charge on any atom is -0.345 e. The first-order valence-corrected chi connectivity index (χ1v) is 12.6. The standard InChI is InChI=1S/C26H37ClFN3O3/c1-16-15-30(25(34)23(29-17(2)32)14-26(3,4)5)11-12-31(16)24(33)21-8-6-7-19(21)20-10-9-18(27)13-22(20)28/h9-10,13,16,19,21,23H,6-8,11-12,14-15H2,1-5H3,(H,29,32)/t16-,19-,21+,23-/m0/s1. The van der Waals surface area contributed by atoms with Crippen molar-refractivity contribution in [1.29, 1.82) is 0 Å². The third kappa shape index (κ3) is 6.29. The first-order valence-electron chi connectivity index (χ1n) is 12.2. The number of hydrogen-bond acceptors (Lipinski definition) is 3. The van der Waals surface area contributed by atoms with Crippen molar-refractivity contribution in [2.24, 2.45) is 11.3 Å². The summed E-state index contributed by atoms with van der Waals surface area (Å²) >= 11 is 5.92.